The lowest BCUT2D eigenvalue weighted by Crippen LogP contribution is -2.05. The SMILES string of the molecule is CC(=O)Nc1ccc(Oc2ccccc2)c(-c2cnc(F)c(C)c2)c1. The second-order valence-corrected chi connectivity index (χ2v) is 5.64. The molecule has 0 radical (unpaired) electrons. The molecule has 2 aromatic carbocycles. The molecule has 1 N–H and O–H groups in total. The molecule has 1 heterocycles. The third-order valence-electron chi connectivity index (χ3n) is 3.60. The second-order valence-electron chi connectivity index (χ2n) is 5.64. The highest BCUT2D eigenvalue weighted by molar-refractivity contribution is 5.90. The van der Waals surface area contributed by atoms with E-state index in [1.165, 1.54) is 13.1 Å². The van der Waals surface area contributed by atoms with Crippen molar-refractivity contribution in [1.82, 2.24) is 4.98 Å². The van der Waals surface area contributed by atoms with E-state index in [-0.39, 0.29) is 5.91 Å². The van der Waals surface area contributed by atoms with Crippen LogP contribution in [-0.2, 0) is 4.79 Å². The molecule has 0 spiro atoms. The smallest absolute Gasteiger partial charge is 0.221 e. The van der Waals surface area contributed by atoms with Crippen LogP contribution in [0.3, 0.4) is 0 Å². The first-order valence-electron chi connectivity index (χ1n) is 7.80. The summed E-state index contributed by atoms with van der Waals surface area (Å²) in [4.78, 5) is 15.1. The first kappa shape index (κ1) is 16.6. The van der Waals surface area contributed by atoms with Gasteiger partial charge in [0.25, 0.3) is 0 Å². The third-order valence-corrected chi connectivity index (χ3v) is 3.60. The topological polar surface area (TPSA) is 51.2 Å². The van der Waals surface area contributed by atoms with E-state index in [2.05, 4.69) is 10.3 Å². The number of carbonyl (C=O) groups is 1. The molecule has 1 aromatic heterocycles. The van der Waals surface area contributed by atoms with Crippen molar-refractivity contribution in [2.75, 3.05) is 5.32 Å². The summed E-state index contributed by atoms with van der Waals surface area (Å²) in [5, 5.41) is 2.74. The fourth-order valence-electron chi connectivity index (χ4n) is 2.45. The van der Waals surface area contributed by atoms with Crippen LogP contribution >= 0.6 is 0 Å². The molecule has 5 heteroatoms. The Morgan fingerprint density at radius 3 is 2.56 bits per heavy atom. The minimum atomic E-state index is -0.507. The van der Waals surface area contributed by atoms with Crippen molar-refractivity contribution in [1.29, 1.82) is 0 Å². The van der Waals surface area contributed by atoms with Gasteiger partial charge in [0.15, 0.2) is 0 Å². The predicted molar refractivity (Wildman–Crippen MR) is 95.2 cm³/mol. The Kier molecular flexibility index (Phi) is 4.75. The molecule has 126 valence electrons. The molecule has 0 unspecified atom stereocenters. The minimum absolute atomic E-state index is 0.170. The number of ether oxygens (including phenoxy) is 1. The number of carbonyl (C=O) groups excluding carboxylic acids is 1. The maximum atomic E-state index is 13.5. The number of hydrogen-bond acceptors (Lipinski definition) is 3. The zero-order chi connectivity index (χ0) is 17.8. The number of pyridine rings is 1. The van der Waals surface area contributed by atoms with Gasteiger partial charge in [-0.3, -0.25) is 4.79 Å². The average Bonchev–Trinajstić information content (AvgIpc) is 2.59. The molecule has 1 amide bonds. The predicted octanol–water partition coefficient (Wildman–Crippen LogP) is 4.95. The van der Waals surface area contributed by atoms with Crippen LogP contribution in [0.5, 0.6) is 11.5 Å². The number of nitrogens with zero attached hydrogens (tertiary/aromatic N) is 1. The van der Waals surface area contributed by atoms with Crippen LogP contribution in [0.15, 0.2) is 60.8 Å². The Hall–Kier alpha value is -3.21. The van der Waals surface area contributed by atoms with Crippen molar-refractivity contribution < 1.29 is 13.9 Å². The lowest BCUT2D eigenvalue weighted by atomic mass is 10.0. The highest BCUT2D eigenvalue weighted by Crippen LogP contribution is 2.35. The van der Waals surface area contributed by atoms with Crippen LogP contribution in [0.1, 0.15) is 12.5 Å². The Labute approximate surface area is 145 Å². The molecule has 0 aliphatic rings. The summed E-state index contributed by atoms with van der Waals surface area (Å²) < 4.78 is 19.5. The number of rotatable bonds is 4. The van der Waals surface area contributed by atoms with Crippen LogP contribution in [0.2, 0.25) is 0 Å². The fourth-order valence-corrected chi connectivity index (χ4v) is 2.45. The van der Waals surface area contributed by atoms with Gasteiger partial charge in [0.2, 0.25) is 11.9 Å². The van der Waals surface area contributed by atoms with Gasteiger partial charge in [0.1, 0.15) is 11.5 Å². The lowest BCUT2D eigenvalue weighted by Gasteiger charge is -2.14. The van der Waals surface area contributed by atoms with Gasteiger partial charge in [-0.05, 0) is 43.3 Å². The summed E-state index contributed by atoms with van der Waals surface area (Å²) >= 11 is 0. The number of halogens is 1. The van der Waals surface area contributed by atoms with Gasteiger partial charge in [-0.2, -0.15) is 4.39 Å². The molecule has 0 fully saturated rings. The van der Waals surface area contributed by atoms with Gasteiger partial charge in [-0.25, -0.2) is 4.98 Å². The molecule has 0 saturated carbocycles. The molecule has 0 atom stereocenters. The van der Waals surface area contributed by atoms with Gasteiger partial charge in [0, 0.05) is 35.5 Å². The summed E-state index contributed by atoms with van der Waals surface area (Å²) in [6.45, 7) is 3.10. The number of para-hydroxylation sites is 1. The van der Waals surface area contributed by atoms with Gasteiger partial charge < -0.3 is 10.1 Å². The quantitative estimate of drug-likeness (QED) is 0.686. The van der Waals surface area contributed by atoms with Crippen molar-refractivity contribution in [3.8, 4) is 22.6 Å². The number of amides is 1. The summed E-state index contributed by atoms with van der Waals surface area (Å²) in [6, 6.07) is 16.4. The van der Waals surface area contributed by atoms with E-state index in [4.69, 9.17) is 4.74 Å². The van der Waals surface area contributed by atoms with Crippen LogP contribution in [0, 0.1) is 12.9 Å². The van der Waals surface area contributed by atoms with Crippen molar-refractivity contribution in [2.45, 2.75) is 13.8 Å². The number of benzene rings is 2. The Morgan fingerprint density at radius 1 is 1.12 bits per heavy atom. The molecule has 0 saturated heterocycles. The van der Waals surface area contributed by atoms with Gasteiger partial charge in [-0.15, -0.1) is 0 Å². The summed E-state index contributed by atoms with van der Waals surface area (Å²) in [7, 11) is 0. The molecule has 0 bridgehead atoms. The third kappa shape index (κ3) is 4.01. The lowest BCUT2D eigenvalue weighted by molar-refractivity contribution is -0.114. The van der Waals surface area contributed by atoms with E-state index in [0.29, 0.717) is 33.9 Å². The molecule has 0 aliphatic carbocycles. The summed E-state index contributed by atoms with van der Waals surface area (Å²) in [5.74, 6) is 0.597. The highest BCUT2D eigenvalue weighted by Gasteiger charge is 2.12. The van der Waals surface area contributed by atoms with Crippen LogP contribution in [0.25, 0.3) is 11.1 Å². The zero-order valence-electron chi connectivity index (χ0n) is 13.9. The van der Waals surface area contributed by atoms with E-state index in [1.807, 2.05) is 30.3 Å². The number of aromatic nitrogens is 1. The monoisotopic (exact) mass is 336 g/mol. The van der Waals surface area contributed by atoms with Crippen molar-refractivity contribution in [2.24, 2.45) is 0 Å². The van der Waals surface area contributed by atoms with E-state index in [0.717, 1.165) is 0 Å². The minimum Gasteiger partial charge on any atom is -0.457 e. The van der Waals surface area contributed by atoms with E-state index in [1.54, 1.807) is 31.2 Å². The molecule has 25 heavy (non-hydrogen) atoms. The summed E-state index contributed by atoms with van der Waals surface area (Å²) in [5.41, 5.74) is 2.49. The zero-order valence-corrected chi connectivity index (χ0v) is 13.9. The Bertz CT molecular complexity index is 911. The van der Waals surface area contributed by atoms with E-state index < -0.39 is 5.95 Å². The Morgan fingerprint density at radius 2 is 1.88 bits per heavy atom. The first-order valence-corrected chi connectivity index (χ1v) is 7.80. The maximum Gasteiger partial charge on any atom is 0.221 e. The molecule has 4 nitrogen and oxygen atoms in total. The van der Waals surface area contributed by atoms with Crippen LogP contribution < -0.4 is 10.1 Å². The molecular weight excluding hydrogens is 319 g/mol. The van der Waals surface area contributed by atoms with E-state index >= 15 is 0 Å². The average molecular weight is 336 g/mol. The van der Waals surface area contributed by atoms with Gasteiger partial charge in [0.05, 0.1) is 0 Å². The largest absolute Gasteiger partial charge is 0.457 e. The normalized spacial score (nSPS) is 10.4. The number of anilines is 1. The molecule has 3 aromatic rings. The highest BCUT2D eigenvalue weighted by atomic mass is 19.1. The second kappa shape index (κ2) is 7.13. The molecule has 0 aliphatic heterocycles. The van der Waals surface area contributed by atoms with Gasteiger partial charge >= 0.3 is 0 Å². The van der Waals surface area contributed by atoms with E-state index in [9.17, 15) is 9.18 Å². The molecular formula is C20H17FN2O2. The number of hydrogen-bond donors (Lipinski definition) is 1. The standard InChI is InChI=1S/C20H17FN2O2/c1-13-10-15(12-22-20(13)21)18-11-16(23-14(2)24)8-9-19(18)25-17-6-4-3-5-7-17/h3-12H,1-2H3,(H,23,24). The van der Waals surface area contributed by atoms with Crippen molar-refractivity contribution in [3.05, 3.63) is 72.3 Å². The fraction of sp³-hybridized carbons (Fsp3) is 0.100. The van der Waals surface area contributed by atoms with Crippen LogP contribution in [-0.4, -0.2) is 10.9 Å². The van der Waals surface area contributed by atoms with Crippen LogP contribution in [0.4, 0.5) is 10.1 Å². The van der Waals surface area contributed by atoms with Crippen molar-refractivity contribution >= 4 is 11.6 Å². The van der Waals surface area contributed by atoms with Crippen molar-refractivity contribution in [3.63, 3.8) is 0 Å². The number of aryl methyl sites for hydroxylation is 1. The maximum absolute atomic E-state index is 13.5. The first-order chi connectivity index (χ1) is 12.0. The van der Waals surface area contributed by atoms with Gasteiger partial charge in [-0.1, -0.05) is 18.2 Å². The summed E-state index contributed by atoms with van der Waals surface area (Å²) in [6.07, 6.45) is 1.45. The molecule has 3 rings (SSSR count). The Balaban J connectivity index is 2.07. The number of nitrogens with one attached hydrogen (secondary N) is 1.